The highest BCUT2D eigenvalue weighted by molar-refractivity contribution is 7.23. The summed E-state index contributed by atoms with van der Waals surface area (Å²) in [6, 6.07) is 7.48. The van der Waals surface area contributed by atoms with E-state index in [-0.39, 0.29) is 12.0 Å². The van der Waals surface area contributed by atoms with E-state index >= 15 is 0 Å². The summed E-state index contributed by atoms with van der Waals surface area (Å²) in [5.41, 5.74) is 2.37. The van der Waals surface area contributed by atoms with Gasteiger partial charge in [-0.2, -0.15) is 0 Å². The molecule has 32 heavy (non-hydrogen) atoms. The summed E-state index contributed by atoms with van der Waals surface area (Å²) in [4.78, 5) is 26.4. The molecule has 10 heteroatoms. The highest BCUT2D eigenvalue weighted by atomic mass is 32.1. The number of benzene rings is 1. The number of hydrogen-bond donors (Lipinski definition) is 1. The molecule has 3 aromatic rings. The molecule has 1 N–H and O–H groups in total. The summed E-state index contributed by atoms with van der Waals surface area (Å²) < 4.78 is 17.3. The first-order valence-corrected chi connectivity index (χ1v) is 11.3. The summed E-state index contributed by atoms with van der Waals surface area (Å²) >= 11 is 1.45. The molecule has 0 spiro atoms. The predicted octanol–water partition coefficient (Wildman–Crippen LogP) is 2.62. The predicted molar refractivity (Wildman–Crippen MR) is 124 cm³/mol. The van der Waals surface area contributed by atoms with Crippen molar-refractivity contribution >= 4 is 44.1 Å². The number of ether oxygens (including phenoxy) is 3. The summed E-state index contributed by atoms with van der Waals surface area (Å²) in [5.74, 6) is 1.24. The number of carbonyl (C=O) groups excluding carboxylic acids is 1. The molecule has 9 nitrogen and oxygen atoms in total. The Balaban J connectivity index is 1.39. The highest BCUT2D eigenvalue weighted by Gasteiger charge is 2.28. The molecular weight excluding hydrogens is 430 g/mol. The van der Waals surface area contributed by atoms with Crippen LogP contribution in [0.3, 0.4) is 0 Å². The second kappa shape index (κ2) is 8.89. The molecule has 2 aliphatic rings. The molecule has 0 aliphatic carbocycles. The van der Waals surface area contributed by atoms with Crippen LogP contribution in [0.2, 0.25) is 0 Å². The Labute approximate surface area is 189 Å². The van der Waals surface area contributed by atoms with Gasteiger partial charge in [-0.15, -0.1) is 0 Å². The highest BCUT2D eigenvalue weighted by Crippen LogP contribution is 2.39. The lowest BCUT2D eigenvalue weighted by Gasteiger charge is -2.39. The van der Waals surface area contributed by atoms with Crippen LogP contribution in [0.15, 0.2) is 30.5 Å². The third kappa shape index (κ3) is 3.96. The number of aromatic nitrogens is 2. The van der Waals surface area contributed by atoms with E-state index in [0.29, 0.717) is 29.7 Å². The van der Waals surface area contributed by atoms with E-state index < -0.39 is 0 Å². The first kappa shape index (κ1) is 20.9. The van der Waals surface area contributed by atoms with Crippen LogP contribution in [0.25, 0.3) is 10.2 Å². The number of carbonyl (C=O) groups is 1. The molecule has 1 aromatic carbocycles. The molecule has 5 rings (SSSR count). The fraction of sp³-hybridized carbons (Fsp3) is 0.409. The zero-order chi connectivity index (χ0) is 22.1. The monoisotopic (exact) mass is 455 g/mol. The Morgan fingerprint density at radius 2 is 2.00 bits per heavy atom. The quantitative estimate of drug-likeness (QED) is 0.607. The Hall–Kier alpha value is -2.95. The number of methoxy groups -OCH3 is 2. The van der Waals surface area contributed by atoms with Crippen molar-refractivity contribution < 1.29 is 19.0 Å². The van der Waals surface area contributed by atoms with E-state index in [2.05, 4.69) is 25.1 Å². The third-order valence-electron chi connectivity index (χ3n) is 5.79. The van der Waals surface area contributed by atoms with Gasteiger partial charge < -0.3 is 24.0 Å². The molecule has 2 saturated heterocycles. The number of hydrogen-bond acceptors (Lipinski definition) is 9. The van der Waals surface area contributed by atoms with Crippen LogP contribution in [0.1, 0.15) is 10.4 Å². The van der Waals surface area contributed by atoms with E-state index in [9.17, 15) is 4.79 Å². The van der Waals surface area contributed by atoms with Crippen molar-refractivity contribution in [2.24, 2.45) is 0 Å². The van der Waals surface area contributed by atoms with Gasteiger partial charge >= 0.3 is 0 Å². The molecule has 2 aliphatic heterocycles. The van der Waals surface area contributed by atoms with E-state index in [1.165, 1.54) is 11.3 Å². The molecular formula is C22H25N5O4S. The molecule has 0 radical (unpaired) electrons. The topological polar surface area (TPSA) is 89.1 Å². The Kier molecular flexibility index (Phi) is 5.81. The summed E-state index contributed by atoms with van der Waals surface area (Å²) in [5, 5.41) is 3.48. The molecule has 0 atom stereocenters. The lowest BCUT2D eigenvalue weighted by Crippen LogP contribution is -2.52. The standard InChI is InChI=1S/C22H25N5O4S/c1-29-15-12-27(13-15)18-11-14(5-6-23-18)21(28)25-22-24-19-17(30-2)4-3-16(20(19)32-22)26-7-9-31-10-8-26/h3-6,11,15H,7-10,12-13H2,1-2H3,(H,24,25,28). The van der Waals surface area contributed by atoms with Crippen molar-refractivity contribution in [3.05, 3.63) is 36.0 Å². The lowest BCUT2D eigenvalue weighted by molar-refractivity contribution is 0.0783. The van der Waals surface area contributed by atoms with Gasteiger partial charge in [-0.3, -0.25) is 10.1 Å². The van der Waals surface area contributed by atoms with Crippen molar-refractivity contribution in [3.8, 4) is 5.75 Å². The first-order chi connectivity index (χ1) is 15.7. The van der Waals surface area contributed by atoms with Crippen LogP contribution in [0.4, 0.5) is 16.6 Å². The minimum atomic E-state index is -0.219. The molecule has 1 amide bonds. The Bertz CT molecular complexity index is 1120. The van der Waals surface area contributed by atoms with Crippen LogP contribution in [-0.4, -0.2) is 75.6 Å². The fourth-order valence-electron chi connectivity index (χ4n) is 3.92. The van der Waals surface area contributed by atoms with E-state index in [1.54, 1.807) is 32.5 Å². The van der Waals surface area contributed by atoms with Crippen LogP contribution < -0.4 is 19.9 Å². The van der Waals surface area contributed by atoms with Gasteiger partial charge in [0, 0.05) is 45.0 Å². The molecule has 4 heterocycles. The van der Waals surface area contributed by atoms with Crippen LogP contribution in [0, 0.1) is 0 Å². The van der Waals surface area contributed by atoms with Gasteiger partial charge in [0.1, 0.15) is 17.1 Å². The van der Waals surface area contributed by atoms with Crippen molar-refractivity contribution in [2.45, 2.75) is 6.10 Å². The van der Waals surface area contributed by atoms with Crippen LogP contribution >= 0.6 is 11.3 Å². The van der Waals surface area contributed by atoms with Crippen LogP contribution in [-0.2, 0) is 9.47 Å². The molecule has 0 bridgehead atoms. The van der Waals surface area contributed by atoms with Crippen molar-refractivity contribution in [1.82, 2.24) is 9.97 Å². The lowest BCUT2D eigenvalue weighted by atomic mass is 10.1. The van der Waals surface area contributed by atoms with Gasteiger partial charge in [0.25, 0.3) is 5.91 Å². The molecule has 0 saturated carbocycles. The molecule has 168 valence electrons. The van der Waals surface area contributed by atoms with Gasteiger partial charge in [0.2, 0.25) is 0 Å². The molecule has 0 unspecified atom stereocenters. The molecule has 2 fully saturated rings. The van der Waals surface area contributed by atoms with Crippen molar-refractivity contribution in [3.63, 3.8) is 0 Å². The number of amides is 1. The first-order valence-electron chi connectivity index (χ1n) is 10.5. The SMILES string of the molecule is COc1ccc(N2CCOCC2)c2sc(NC(=O)c3ccnc(N4CC(OC)C4)c3)nc12. The minimum absolute atomic E-state index is 0.215. The summed E-state index contributed by atoms with van der Waals surface area (Å²) in [6.07, 6.45) is 1.87. The van der Waals surface area contributed by atoms with E-state index in [0.717, 1.165) is 47.9 Å². The normalized spacial score (nSPS) is 16.8. The maximum absolute atomic E-state index is 13.0. The van der Waals surface area contributed by atoms with Gasteiger partial charge in [-0.25, -0.2) is 9.97 Å². The third-order valence-corrected chi connectivity index (χ3v) is 6.78. The van der Waals surface area contributed by atoms with Gasteiger partial charge in [0.15, 0.2) is 5.13 Å². The second-order valence-electron chi connectivity index (χ2n) is 7.70. The van der Waals surface area contributed by atoms with Gasteiger partial charge in [0.05, 0.1) is 36.8 Å². The average molecular weight is 456 g/mol. The number of rotatable bonds is 6. The number of morpholine rings is 1. The van der Waals surface area contributed by atoms with Gasteiger partial charge in [-0.1, -0.05) is 11.3 Å². The largest absolute Gasteiger partial charge is 0.494 e. The summed E-state index contributed by atoms with van der Waals surface area (Å²) in [7, 11) is 3.33. The van der Waals surface area contributed by atoms with E-state index in [1.807, 2.05) is 12.1 Å². The number of fused-ring (bicyclic) bond motifs is 1. The smallest absolute Gasteiger partial charge is 0.257 e. The maximum atomic E-state index is 13.0. The number of nitrogens with zero attached hydrogens (tertiary/aromatic N) is 4. The zero-order valence-electron chi connectivity index (χ0n) is 18.0. The number of thiazole rings is 1. The zero-order valence-corrected chi connectivity index (χ0v) is 18.9. The maximum Gasteiger partial charge on any atom is 0.257 e. The minimum Gasteiger partial charge on any atom is -0.494 e. The number of anilines is 3. The molecule has 2 aromatic heterocycles. The average Bonchev–Trinajstić information content (AvgIpc) is 3.22. The van der Waals surface area contributed by atoms with Crippen molar-refractivity contribution in [1.29, 1.82) is 0 Å². The summed E-state index contributed by atoms with van der Waals surface area (Å²) in [6.45, 7) is 4.58. The Morgan fingerprint density at radius 1 is 1.19 bits per heavy atom. The fourth-order valence-corrected chi connectivity index (χ4v) is 4.94. The second-order valence-corrected chi connectivity index (χ2v) is 8.70. The van der Waals surface area contributed by atoms with Crippen LogP contribution in [0.5, 0.6) is 5.75 Å². The number of pyridine rings is 1. The number of nitrogens with one attached hydrogen (secondary N) is 1. The van der Waals surface area contributed by atoms with E-state index in [4.69, 9.17) is 14.2 Å². The van der Waals surface area contributed by atoms with Gasteiger partial charge in [-0.05, 0) is 24.3 Å². The van der Waals surface area contributed by atoms with Crippen molar-refractivity contribution in [2.75, 3.05) is 68.7 Å². The Morgan fingerprint density at radius 3 is 2.75 bits per heavy atom.